The molecule has 2 N–H and O–H groups in total. The number of hydrogen-bond acceptors (Lipinski definition) is 6. The van der Waals surface area contributed by atoms with Crippen molar-refractivity contribution in [2.45, 2.75) is 48.3 Å². The Balaban J connectivity index is 1.40. The number of benzene rings is 2. The standard InChI is InChI=1S/C27H25N3O6S2/c28-16-24-23-15-20(29-11-9-18-13-21(37(31,32)33)4-7-25(18)29)3-1-17(23)2-6-27(24)30-12-10-19-14-22(38(34,35)36)5-8-26(19)30/h4-5,7-8,13-15,17H,1-3,6,9-12H2,(H-,31,32,33,34,35,36)/p+1. The second-order valence-corrected chi connectivity index (χ2v) is 13.0. The number of nitriles is 1. The van der Waals surface area contributed by atoms with Crippen molar-refractivity contribution in [3.05, 3.63) is 70.4 Å². The maximum absolute atomic E-state index is 11.6. The molecule has 0 amide bonds. The summed E-state index contributed by atoms with van der Waals surface area (Å²) in [5.41, 5.74) is 7.18. The predicted octanol–water partition coefficient (Wildman–Crippen LogP) is 3.79. The summed E-state index contributed by atoms with van der Waals surface area (Å²) in [6, 6.07) is 11.7. The van der Waals surface area contributed by atoms with E-state index in [0.717, 1.165) is 65.2 Å². The highest BCUT2D eigenvalue weighted by molar-refractivity contribution is 7.86. The maximum atomic E-state index is 11.6. The largest absolute Gasteiger partial charge is 0.345 e. The highest BCUT2D eigenvalue weighted by Crippen LogP contribution is 2.43. The summed E-state index contributed by atoms with van der Waals surface area (Å²) in [4.78, 5) is 1.95. The zero-order valence-corrected chi connectivity index (χ0v) is 22.1. The Kier molecular flexibility index (Phi) is 5.84. The molecule has 38 heavy (non-hydrogen) atoms. The Morgan fingerprint density at radius 2 is 1.58 bits per heavy atom. The van der Waals surface area contributed by atoms with Crippen LogP contribution < -0.4 is 4.90 Å². The van der Waals surface area contributed by atoms with Crippen molar-refractivity contribution in [2.24, 2.45) is 5.92 Å². The van der Waals surface area contributed by atoms with E-state index in [1.54, 1.807) is 12.1 Å². The van der Waals surface area contributed by atoms with Crippen molar-refractivity contribution in [1.29, 1.82) is 5.26 Å². The molecule has 0 saturated carbocycles. The molecule has 4 aliphatic rings. The first kappa shape index (κ1) is 25.0. The normalized spacial score (nSPS) is 23.0. The lowest BCUT2D eigenvalue weighted by Crippen LogP contribution is -2.29. The lowest BCUT2D eigenvalue weighted by Gasteiger charge is -2.33. The summed E-state index contributed by atoms with van der Waals surface area (Å²) in [7, 11) is -8.55. The minimum atomic E-state index is -4.28. The van der Waals surface area contributed by atoms with Crippen LogP contribution in [0.1, 0.15) is 36.8 Å². The van der Waals surface area contributed by atoms with Crippen LogP contribution >= 0.6 is 0 Å². The first-order chi connectivity index (χ1) is 18.0. The number of allylic oxidation sites excluding steroid dienone is 4. The number of fused-ring (bicyclic) bond motifs is 3. The van der Waals surface area contributed by atoms with Crippen LogP contribution in [0.2, 0.25) is 0 Å². The second-order valence-electron chi connectivity index (χ2n) is 10.1. The minimum Gasteiger partial charge on any atom is -0.345 e. The van der Waals surface area contributed by atoms with Gasteiger partial charge in [0.1, 0.15) is 11.6 Å². The third kappa shape index (κ3) is 4.18. The van der Waals surface area contributed by atoms with Gasteiger partial charge in [0.25, 0.3) is 20.2 Å². The molecule has 0 bridgehead atoms. The Hall–Kier alpha value is -3.30. The molecule has 1 unspecified atom stereocenters. The van der Waals surface area contributed by atoms with E-state index in [-0.39, 0.29) is 15.7 Å². The molecule has 9 nitrogen and oxygen atoms in total. The van der Waals surface area contributed by atoms with E-state index in [9.17, 15) is 31.2 Å². The number of rotatable bonds is 3. The quantitative estimate of drug-likeness (QED) is 0.433. The summed E-state index contributed by atoms with van der Waals surface area (Å²) in [5.74, 6) is 0.283. The van der Waals surface area contributed by atoms with Gasteiger partial charge in [0.2, 0.25) is 5.69 Å². The molecule has 2 aromatic carbocycles. The molecule has 1 atom stereocenters. The van der Waals surface area contributed by atoms with Crippen LogP contribution in [0.3, 0.4) is 0 Å². The smallest absolute Gasteiger partial charge is 0.294 e. The van der Waals surface area contributed by atoms with Crippen molar-refractivity contribution in [3.8, 4) is 6.07 Å². The molecule has 11 heteroatoms. The predicted molar refractivity (Wildman–Crippen MR) is 140 cm³/mol. The third-order valence-electron chi connectivity index (χ3n) is 8.09. The summed E-state index contributed by atoms with van der Waals surface area (Å²) < 4.78 is 67.3. The van der Waals surface area contributed by atoms with E-state index in [1.165, 1.54) is 24.3 Å². The minimum absolute atomic E-state index is 0.105. The van der Waals surface area contributed by atoms with Crippen molar-refractivity contribution in [1.82, 2.24) is 0 Å². The van der Waals surface area contributed by atoms with Crippen molar-refractivity contribution < 1.29 is 30.5 Å². The molecule has 0 fully saturated rings. The molecule has 2 aliphatic carbocycles. The van der Waals surface area contributed by atoms with Crippen LogP contribution in [0.5, 0.6) is 0 Å². The van der Waals surface area contributed by atoms with Crippen LogP contribution in [0.4, 0.5) is 11.4 Å². The van der Waals surface area contributed by atoms with Gasteiger partial charge in [-0.25, -0.2) is 0 Å². The van der Waals surface area contributed by atoms with E-state index in [1.807, 2.05) is 0 Å². The average molecular weight is 553 g/mol. The molecule has 6 rings (SSSR count). The Morgan fingerprint density at radius 1 is 0.895 bits per heavy atom. The summed E-state index contributed by atoms with van der Waals surface area (Å²) >= 11 is 0. The molecule has 0 radical (unpaired) electrons. The number of nitrogens with zero attached hydrogens (tertiary/aromatic N) is 3. The third-order valence-corrected chi connectivity index (χ3v) is 9.79. The van der Waals surface area contributed by atoms with E-state index in [0.29, 0.717) is 31.5 Å². The van der Waals surface area contributed by atoms with Gasteiger partial charge in [-0.15, -0.1) is 0 Å². The summed E-state index contributed by atoms with van der Waals surface area (Å²) in [6.07, 6.45) is 6.85. The van der Waals surface area contributed by atoms with E-state index in [4.69, 9.17) is 0 Å². The zero-order chi connectivity index (χ0) is 26.8. The lowest BCUT2D eigenvalue weighted by atomic mass is 9.76. The lowest BCUT2D eigenvalue weighted by molar-refractivity contribution is -0.430. The molecule has 2 heterocycles. The van der Waals surface area contributed by atoms with Gasteiger partial charge >= 0.3 is 0 Å². The fourth-order valence-electron chi connectivity index (χ4n) is 6.29. The van der Waals surface area contributed by atoms with Gasteiger partial charge in [0.15, 0.2) is 12.3 Å². The summed E-state index contributed by atoms with van der Waals surface area (Å²) in [6.45, 7) is 1.33. The molecule has 0 saturated heterocycles. The maximum Gasteiger partial charge on any atom is 0.294 e. The van der Waals surface area contributed by atoms with E-state index < -0.39 is 20.2 Å². The Morgan fingerprint density at radius 3 is 2.29 bits per heavy atom. The van der Waals surface area contributed by atoms with Crippen LogP contribution in [-0.2, 0) is 33.1 Å². The van der Waals surface area contributed by atoms with Crippen LogP contribution in [0.25, 0.3) is 0 Å². The van der Waals surface area contributed by atoms with Gasteiger partial charge in [-0.2, -0.15) is 26.7 Å². The average Bonchev–Trinajstić information content (AvgIpc) is 3.50. The van der Waals surface area contributed by atoms with Gasteiger partial charge in [-0.05, 0) is 79.1 Å². The molecular formula is C27H26N3O6S2+. The van der Waals surface area contributed by atoms with Gasteiger partial charge in [-0.1, -0.05) is 0 Å². The van der Waals surface area contributed by atoms with E-state index in [2.05, 4.69) is 21.6 Å². The number of anilines is 1. The molecule has 196 valence electrons. The fraction of sp³-hybridized carbons (Fsp3) is 0.333. The van der Waals surface area contributed by atoms with Crippen LogP contribution in [0, 0.1) is 17.2 Å². The van der Waals surface area contributed by atoms with E-state index >= 15 is 0 Å². The number of hydrogen-bond donors (Lipinski definition) is 2. The molecule has 2 aromatic rings. The molecule has 0 spiro atoms. The monoisotopic (exact) mass is 552 g/mol. The Bertz CT molecular complexity index is 1750. The van der Waals surface area contributed by atoms with Crippen LogP contribution in [0.15, 0.2) is 69.1 Å². The van der Waals surface area contributed by atoms with Gasteiger partial charge < -0.3 is 4.90 Å². The molecule has 0 aromatic heterocycles. The second kappa shape index (κ2) is 8.88. The summed E-state index contributed by atoms with van der Waals surface area (Å²) in [5, 5.41) is 10.3. The highest BCUT2D eigenvalue weighted by Gasteiger charge is 2.38. The first-order valence-corrected chi connectivity index (χ1v) is 15.4. The topological polar surface area (TPSA) is 139 Å². The molecule has 2 aliphatic heterocycles. The van der Waals surface area contributed by atoms with Gasteiger partial charge in [-0.3, -0.25) is 9.11 Å². The van der Waals surface area contributed by atoms with Crippen LogP contribution in [-0.4, -0.2) is 49.3 Å². The highest BCUT2D eigenvalue weighted by atomic mass is 32.2. The van der Waals surface area contributed by atoms with Gasteiger partial charge in [0.05, 0.1) is 9.79 Å². The van der Waals surface area contributed by atoms with Crippen molar-refractivity contribution in [2.75, 3.05) is 18.0 Å². The fourth-order valence-corrected chi connectivity index (χ4v) is 7.36. The van der Waals surface area contributed by atoms with Crippen molar-refractivity contribution in [3.63, 3.8) is 0 Å². The zero-order valence-electron chi connectivity index (χ0n) is 20.5. The SMILES string of the molecule is N#CC1=C2C=C(N3CCc4cc(S(=O)(=O)O)ccc43)CCC2CCC1=[N+]1CCc2cc(S(=O)(=O)O)ccc21. The molecular weight excluding hydrogens is 526 g/mol. The van der Waals surface area contributed by atoms with Crippen molar-refractivity contribution >= 4 is 37.3 Å². The first-order valence-electron chi connectivity index (χ1n) is 12.5. The Labute approximate surface area is 221 Å². The van der Waals surface area contributed by atoms with Gasteiger partial charge in [0, 0.05) is 42.4 Å².